The fourth-order valence-electron chi connectivity index (χ4n) is 6.46. The first-order valence-electron chi connectivity index (χ1n) is 17.1. The maximum absolute atomic E-state index is 13.8. The molecule has 4 atom stereocenters. The van der Waals surface area contributed by atoms with Crippen LogP contribution >= 0.6 is 0 Å². The molecule has 11 nitrogen and oxygen atoms in total. The largest absolute Gasteiger partial charge is 0.469 e. The zero-order chi connectivity index (χ0) is 36.5. The van der Waals surface area contributed by atoms with Crippen molar-refractivity contribution in [2.24, 2.45) is 27.3 Å². The zero-order valence-corrected chi connectivity index (χ0v) is 29.9. The standard InChI is InChI=1S/C39H49NO10/c1-7-38(4,35(44)46-6)25-39(5,36(45)49-24-29-23-48-29)21-28(33(42)47-18-12-17-41)20-37(2,3)34(43)50-40-22-32-30-15-10-8-13-26(30)19-27-14-9-11-16-31(27)32/h8-11,13-16,19,22,28-29,41H,7,12,17-18,20-21,23-25H2,1-6H3/b40-22+. The van der Waals surface area contributed by atoms with Gasteiger partial charge < -0.3 is 28.9 Å². The lowest BCUT2D eigenvalue weighted by Crippen LogP contribution is -2.43. The Morgan fingerprint density at radius 3 is 2.10 bits per heavy atom. The molecule has 1 N–H and O–H groups in total. The van der Waals surface area contributed by atoms with Crippen molar-refractivity contribution in [3.8, 4) is 0 Å². The van der Waals surface area contributed by atoms with Gasteiger partial charge in [0.15, 0.2) is 0 Å². The molecule has 4 unspecified atom stereocenters. The van der Waals surface area contributed by atoms with Crippen LogP contribution in [0, 0.1) is 22.2 Å². The van der Waals surface area contributed by atoms with Crippen molar-refractivity contribution < 1.29 is 48.1 Å². The Bertz CT molecular complexity index is 1660. The number of nitrogens with zero attached hydrogens (tertiary/aromatic N) is 1. The highest BCUT2D eigenvalue weighted by Crippen LogP contribution is 2.45. The summed E-state index contributed by atoms with van der Waals surface area (Å²) in [7, 11) is 1.29. The van der Waals surface area contributed by atoms with Gasteiger partial charge in [-0.25, -0.2) is 4.79 Å². The Morgan fingerprint density at radius 1 is 0.920 bits per heavy atom. The number of rotatable bonds is 18. The summed E-state index contributed by atoms with van der Waals surface area (Å²) in [4.78, 5) is 59.4. The van der Waals surface area contributed by atoms with Crippen LogP contribution < -0.4 is 0 Å². The van der Waals surface area contributed by atoms with Gasteiger partial charge in [-0.15, -0.1) is 0 Å². The summed E-state index contributed by atoms with van der Waals surface area (Å²) in [6.07, 6.45) is 1.77. The van der Waals surface area contributed by atoms with E-state index >= 15 is 0 Å². The van der Waals surface area contributed by atoms with Crippen molar-refractivity contribution in [2.45, 2.75) is 72.8 Å². The molecule has 3 aromatic rings. The van der Waals surface area contributed by atoms with Crippen molar-refractivity contribution in [3.63, 3.8) is 0 Å². The van der Waals surface area contributed by atoms with E-state index in [1.165, 1.54) is 13.3 Å². The fraction of sp³-hybridized carbons (Fsp3) is 0.513. The number of carbonyl (C=O) groups excluding carboxylic acids is 4. The maximum atomic E-state index is 13.8. The third-order valence-corrected chi connectivity index (χ3v) is 9.55. The molecule has 11 heteroatoms. The number of ether oxygens (including phenoxy) is 4. The first kappa shape index (κ1) is 38.5. The van der Waals surface area contributed by atoms with Gasteiger partial charge in [-0.3, -0.25) is 14.4 Å². The smallest absolute Gasteiger partial charge is 0.340 e. The first-order valence-corrected chi connectivity index (χ1v) is 17.1. The van der Waals surface area contributed by atoms with E-state index in [0.29, 0.717) is 13.0 Å². The lowest BCUT2D eigenvalue weighted by Gasteiger charge is -2.38. The van der Waals surface area contributed by atoms with Gasteiger partial charge in [0.1, 0.15) is 12.7 Å². The number of aliphatic hydroxyl groups excluding tert-OH is 1. The summed E-state index contributed by atoms with van der Waals surface area (Å²) < 4.78 is 21.4. The number of oxime groups is 1. The quantitative estimate of drug-likeness (QED) is 0.0241. The topological polar surface area (TPSA) is 150 Å². The lowest BCUT2D eigenvalue weighted by molar-refractivity contribution is -0.166. The van der Waals surface area contributed by atoms with E-state index in [0.717, 1.165) is 27.1 Å². The van der Waals surface area contributed by atoms with Gasteiger partial charge in [-0.05, 0) is 81.0 Å². The van der Waals surface area contributed by atoms with Gasteiger partial charge in [0.2, 0.25) is 0 Å². The average Bonchev–Trinajstić information content (AvgIpc) is 3.94. The van der Waals surface area contributed by atoms with E-state index in [1.807, 2.05) is 55.5 Å². The van der Waals surface area contributed by atoms with E-state index in [-0.39, 0.29) is 51.6 Å². The average molecular weight is 692 g/mol. The van der Waals surface area contributed by atoms with Crippen molar-refractivity contribution in [1.29, 1.82) is 0 Å². The summed E-state index contributed by atoms with van der Waals surface area (Å²) in [6.45, 7) is 8.75. The number of esters is 3. The van der Waals surface area contributed by atoms with E-state index < -0.39 is 46.0 Å². The molecule has 0 amide bonds. The number of epoxide rings is 1. The predicted molar refractivity (Wildman–Crippen MR) is 188 cm³/mol. The number of benzene rings is 3. The molecule has 0 bridgehead atoms. The summed E-state index contributed by atoms with van der Waals surface area (Å²) in [5, 5.41) is 17.3. The van der Waals surface area contributed by atoms with Crippen LogP contribution in [0.4, 0.5) is 0 Å². The molecule has 4 rings (SSSR count). The summed E-state index contributed by atoms with van der Waals surface area (Å²) in [5.74, 6) is -3.42. The highest BCUT2D eigenvalue weighted by Gasteiger charge is 2.49. The van der Waals surface area contributed by atoms with Crippen LogP contribution in [0.15, 0.2) is 59.8 Å². The number of hydrogen-bond donors (Lipinski definition) is 1. The molecule has 0 spiro atoms. The summed E-state index contributed by atoms with van der Waals surface area (Å²) in [6, 6.07) is 17.8. The Labute approximate surface area is 293 Å². The van der Waals surface area contributed by atoms with Gasteiger partial charge in [-0.1, -0.05) is 60.6 Å². The van der Waals surface area contributed by atoms with Crippen LogP contribution in [-0.2, 0) is 43.0 Å². The van der Waals surface area contributed by atoms with Gasteiger partial charge >= 0.3 is 23.9 Å². The van der Waals surface area contributed by atoms with E-state index in [2.05, 4.69) is 11.2 Å². The molecule has 1 aliphatic rings. The molecular weight excluding hydrogens is 642 g/mol. The van der Waals surface area contributed by atoms with Gasteiger partial charge in [0, 0.05) is 18.6 Å². The molecule has 3 aromatic carbocycles. The molecule has 1 saturated heterocycles. The second-order valence-corrected chi connectivity index (χ2v) is 14.3. The minimum Gasteiger partial charge on any atom is -0.469 e. The molecule has 1 heterocycles. The first-order chi connectivity index (χ1) is 23.8. The number of hydrogen-bond acceptors (Lipinski definition) is 11. The fourth-order valence-corrected chi connectivity index (χ4v) is 6.46. The molecule has 0 radical (unpaired) electrons. The molecular formula is C39H49NO10. The van der Waals surface area contributed by atoms with Crippen LogP contribution in [0.3, 0.4) is 0 Å². The Hall–Kier alpha value is -4.35. The summed E-state index contributed by atoms with van der Waals surface area (Å²) in [5.41, 5.74) is -2.90. The third kappa shape index (κ3) is 9.45. The number of fused-ring (bicyclic) bond motifs is 2. The van der Waals surface area contributed by atoms with Gasteiger partial charge in [-0.2, -0.15) is 0 Å². The predicted octanol–water partition coefficient (Wildman–Crippen LogP) is 6.15. The van der Waals surface area contributed by atoms with Crippen molar-refractivity contribution in [3.05, 3.63) is 60.2 Å². The van der Waals surface area contributed by atoms with Crippen molar-refractivity contribution in [1.82, 2.24) is 0 Å². The van der Waals surface area contributed by atoms with E-state index in [1.54, 1.807) is 27.7 Å². The Balaban J connectivity index is 1.60. The molecule has 1 aliphatic heterocycles. The zero-order valence-electron chi connectivity index (χ0n) is 29.9. The van der Waals surface area contributed by atoms with Crippen LogP contribution in [0.5, 0.6) is 0 Å². The monoisotopic (exact) mass is 691 g/mol. The molecule has 270 valence electrons. The van der Waals surface area contributed by atoms with Crippen molar-refractivity contribution >= 4 is 51.6 Å². The summed E-state index contributed by atoms with van der Waals surface area (Å²) >= 11 is 0. The highest BCUT2D eigenvalue weighted by molar-refractivity contribution is 6.13. The molecule has 0 saturated carbocycles. The molecule has 0 aromatic heterocycles. The van der Waals surface area contributed by atoms with E-state index in [4.69, 9.17) is 23.8 Å². The highest BCUT2D eigenvalue weighted by atomic mass is 16.7. The second kappa shape index (κ2) is 16.6. The molecule has 50 heavy (non-hydrogen) atoms. The van der Waals surface area contributed by atoms with Crippen LogP contribution in [0.2, 0.25) is 0 Å². The number of aliphatic hydroxyl groups is 1. The molecule has 1 fully saturated rings. The number of carbonyl (C=O) groups is 4. The third-order valence-electron chi connectivity index (χ3n) is 9.55. The SMILES string of the molecule is CCC(C)(CC(C)(CC(CC(C)(C)C(=O)O/N=C/c1c2ccccc2cc2ccccc12)C(=O)OCCCO)C(=O)OCC1CO1)C(=O)OC. The minimum absolute atomic E-state index is 0.0160. The normalized spacial score (nSPS) is 17.5. The van der Waals surface area contributed by atoms with Gasteiger partial charge in [0.05, 0.1) is 48.7 Å². The van der Waals surface area contributed by atoms with Crippen LogP contribution in [-0.4, -0.2) is 74.8 Å². The lowest BCUT2D eigenvalue weighted by atomic mass is 9.66. The molecule has 0 aliphatic carbocycles. The van der Waals surface area contributed by atoms with Crippen molar-refractivity contribution in [2.75, 3.05) is 33.5 Å². The maximum Gasteiger partial charge on any atom is 0.340 e. The Kier molecular flexibility index (Phi) is 12.7. The van der Waals surface area contributed by atoms with E-state index in [9.17, 15) is 24.3 Å². The van der Waals surface area contributed by atoms with Gasteiger partial charge in [0.25, 0.3) is 0 Å². The second-order valence-electron chi connectivity index (χ2n) is 14.3. The minimum atomic E-state index is -1.36. The van der Waals surface area contributed by atoms with Crippen LogP contribution in [0.1, 0.15) is 72.3 Å². The number of methoxy groups -OCH3 is 1. The van der Waals surface area contributed by atoms with Crippen LogP contribution in [0.25, 0.3) is 21.5 Å². The Morgan fingerprint density at radius 2 is 1.54 bits per heavy atom.